The number of aromatic carboxylic acids is 2. The third-order valence-corrected chi connectivity index (χ3v) is 8.93. The minimum Gasteiger partial charge on any atom is -0.478 e. The zero-order valence-corrected chi connectivity index (χ0v) is 19.2. The number of rotatable bonds is 3. The zero-order valence-electron chi connectivity index (χ0n) is 10.5. The van der Waals surface area contributed by atoms with Gasteiger partial charge in [-0.05, 0) is 126 Å². The van der Waals surface area contributed by atoms with Crippen molar-refractivity contribution in [1.29, 1.82) is 0 Å². The number of carbonyl (C=O) groups is 2. The van der Waals surface area contributed by atoms with E-state index in [-0.39, 0.29) is 11.1 Å². The summed E-state index contributed by atoms with van der Waals surface area (Å²) >= 11 is 8.48. The third-order valence-electron chi connectivity index (χ3n) is 2.84. The molecule has 0 radical (unpaired) electrons. The summed E-state index contributed by atoms with van der Waals surface area (Å²) in [5.41, 5.74) is 1.84. The van der Waals surface area contributed by atoms with Crippen molar-refractivity contribution in [2.24, 2.45) is 0 Å². The Morgan fingerprint density at radius 3 is 1.27 bits per heavy atom. The predicted octanol–water partition coefficient (Wildman–Crippen LogP) is 5.17. The molecule has 2 rings (SSSR count). The lowest BCUT2D eigenvalue weighted by atomic mass is 10.0. The molecule has 0 aromatic heterocycles. The van der Waals surface area contributed by atoms with Crippen LogP contribution in [0.2, 0.25) is 0 Å². The lowest BCUT2D eigenvalue weighted by Gasteiger charge is -2.13. The summed E-state index contributed by atoms with van der Waals surface area (Å²) in [6, 6.07) is 6.39. The first-order valence-electron chi connectivity index (χ1n) is 5.67. The van der Waals surface area contributed by atoms with Crippen molar-refractivity contribution in [2.45, 2.75) is 0 Å². The Labute approximate surface area is 180 Å². The van der Waals surface area contributed by atoms with Crippen LogP contribution in [0.1, 0.15) is 20.7 Å². The fraction of sp³-hybridized carbons (Fsp3) is 0. The van der Waals surface area contributed by atoms with Gasteiger partial charge in [0.25, 0.3) is 0 Å². The molecule has 22 heavy (non-hydrogen) atoms. The van der Waals surface area contributed by atoms with Gasteiger partial charge in [-0.2, -0.15) is 0 Å². The van der Waals surface area contributed by atoms with Gasteiger partial charge < -0.3 is 10.2 Å². The SMILES string of the molecule is O=C(O)c1cc(I)c(I)c(-c2cc(C(=O)O)cc(I)c2I)c1. The smallest absolute Gasteiger partial charge is 0.335 e. The monoisotopic (exact) mass is 746 g/mol. The Kier molecular flexibility index (Phi) is 6.32. The summed E-state index contributed by atoms with van der Waals surface area (Å²) in [4.78, 5) is 22.5. The topological polar surface area (TPSA) is 74.6 Å². The molecular formula is C14H6I4O4. The van der Waals surface area contributed by atoms with Crippen molar-refractivity contribution in [1.82, 2.24) is 0 Å². The highest BCUT2D eigenvalue weighted by Crippen LogP contribution is 2.35. The summed E-state index contributed by atoms with van der Waals surface area (Å²) in [5, 5.41) is 18.5. The Balaban J connectivity index is 2.81. The average molecular weight is 746 g/mol. The van der Waals surface area contributed by atoms with Crippen LogP contribution in [0.15, 0.2) is 24.3 Å². The molecule has 0 atom stereocenters. The maximum Gasteiger partial charge on any atom is 0.335 e. The van der Waals surface area contributed by atoms with Gasteiger partial charge in [0.15, 0.2) is 0 Å². The van der Waals surface area contributed by atoms with Gasteiger partial charge in [0.1, 0.15) is 0 Å². The zero-order chi connectivity index (χ0) is 16.6. The van der Waals surface area contributed by atoms with Crippen molar-refractivity contribution in [2.75, 3.05) is 0 Å². The first kappa shape index (κ1) is 18.6. The minimum absolute atomic E-state index is 0.186. The molecule has 2 aromatic carbocycles. The van der Waals surface area contributed by atoms with Gasteiger partial charge in [0.05, 0.1) is 11.1 Å². The van der Waals surface area contributed by atoms with Gasteiger partial charge in [-0.15, -0.1) is 0 Å². The Hall–Kier alpha value is 0.300. The molecule has 2 N–H and O–H groups in total. The fourth-order valence-electron chi connectivity index (χ4n) is 1.82. The van der Waals surface area contributed by atoms with Crippen LogP contribution in [-0.4, -0.2) is 22.2 Å². The van der Waals surface area contributed by atoms with Gasteiger partial charge in [-0.25, -0.2) is 9.59 Å². The van der Waals surface area contributed by atoms with Crippen molar-refractivity contribution in [3.8, 4) is 11.1 Å². The normalized spacial score (nSPS) is 10.5. The maximum absolute atomic E-state index is 11.3. The second kappa shape index (κ2) is 7.46. The molecule has 0 aliphatic rings. The van der Waals surface area contributed by atoms with Crippen LogP contribution < -0.4 is 0 Å². The van der Waals surface area contributed by atoms with E-state index in [4.69, 9.17) is 0 Å². The van der Waals surface area contributed by atoms with Crippen LogP contribution in [0.25, 0.3) is 11.1 Å². The van der Waals surface area contributed by atoms with E-state index in [1.165, 1.54) is 0 Å². The lowest BCUT2D eigenvalue weighted by Crippen LogP contribution is -2.03. The van der Waals surface area contributed by atoms with E-state index in [9.17, 15) is 19.8 Å². The van der Waals surface area contributed by atoms with Gasteiger partial charge in [-0.1, -0.05) is 0 Å². The number of benzene rings is 2. The van der Waals surface area contributed by atoms with Crippen LogP contribution >= 0.6 is 90.4 Å². The number of halogens is 4. The van der Waals surface area contributed by atoms with Crippen LogP contribution in [0, 0.1) is 14.3 Å². The maximum atomic E-state index is 11.3. The van der Waals surface area contributed by atoms with E-state index in [2.05, 4.69) is 90.4 Å². The number of hydrogen-bond donors (Lipinski definition) is 2. The molecule has 0 unspecified atom stereocenters. The molecule has 0 heterocycles. The highest BCUT2D eigenvalue weighted by atomic mass is 127. The van der Waals surface area contributed by atoms with E-state index in [1.807, 2.05) is 0 Å². The van der Waals surface area contributed by atoms with Crippen molar-refractivity contribution in [3.63, 3.8) is 0 Å². The van der Waals surface area contributed by atoms with Crippen LogP contribution in [0.3, 0.4) is 0 Å². The molecule has 0 spiro atoms. The quantitative estimate of drug-likeness (QED) is 0.426. The molecule has 0 bridgehead atoms. The van der Waals surface area contributed by atoms with Crippen LogP contribution in [0.5, 0.6) is 0 Å². The summed E-state index contributed by atoms with van der Waals surface area (Å²) in [7, 11) is 0. The molecule has 4 nitrogen and oxygen atoms in total. The van der Waals surface area contributed by atoms with Crippen molar-refractivity contribution in [3.05, 3.63) is 49.7 Å². The molecule has 0 aliphatic heterocycles. The van der Waals surface area contributed by atoms with Crippen LogP contribution in [-0.2, 0) is 0 Å². The van der Waals surface area contributed by atoms with E-state index >= 15 is 0 Å². The Bertz CT molecular complexity index is 734. The second-order valence-electron chi connectivity index (χ2n) is 4.25. The number of hydrogen-bond acceptors (Lipinski definition) is 2. The Morgan fingerprint density at radius 2 is 1.00 bits per heavy atom. The van der Waals surface area contributed by atoms with E-state index < -0.39 is 11.9 Å². The molecule has 0 aliphatic carbocycles. The van der Waals surface area contributed by atoms with Gasteiger partial charge in [-0.3, -0.25) is 0 Å². The van der Waals surface area contributed by atoms with E-state index in [1.54, 1.807) is 24.3 Å². The molecule has 0 saturated carbocycles. The molecule has 114 valence electrons. The highest BCUT2D eigenvalue weighted by molar-refractivity contribution is 14.1. The summed E-state index contributed by atoms with van der Waals surface area (Å²) in [6.45, 7) is 0. The number of carboxylic acid groups (broad SMARTS) is 2. The minimum atomic E-state index is -1.00. The first-order valence-corrected chi connectivity index (χ1v) is 9.99. The average Bonchev–Trinajstić information content (AvgIpc) is 2.44. The van der Waals surface area contributed by atoms with Gasteiger partial charge in [0.2, 0.25) is 0 Å². The van der Waals surface area contributed by atoms with E-state index in [0.29, 0.717) is 0 Å². The lowest BCUT2D eigenvalue weighted by molar-refractivity contribution is 0.0686. The van der Waals surface area contributed by atoms with E-state index in [0.717, 1.165) is 25.4 Å². The standard InChI is InChI=1S/C14H6I4O4/c15-9-3-5(13(19)20)1-7(11(9)17)8-2-6(14(21)22)4-10(16)12(8)18/h1-4H,(H,19,20)(H,21,22). The molecule has 0 saturated heterocycles. The van der Waals surface area contributed by atoms with Crippen molar-refractivity contribution < 1.29 is 19.8 Å². The fourth-order valence-corrected chi connectivity index (χ4v) is 4.27. The molecule has 2 aromatic rings. The van der Waals surface area contributed by atoms with Crippen molar-refractivity contribution >= 4 is 102 Å². The first-order chi connectivity index (χ1) is 10.2. The van der Waals surface area contributed by atoms with Crippen LogP contribution in [0.4, 0.5) is 0 Å². The Morgan fingerprint density at radius 1 is 0.682 bits per heavy atom. The summed E-state index contributed by atoms with van der Waals surface area (Å²) < 4.78 is 3.44. The highest BCUT2D eigenvalue weighted by Gasteiger charge is 2.18. The summed E-state index contributed by atoms with van der Waals surface area (Å²) in [6.07, 6.45) is 0. The van der Waals surface area contributed by atoms with Gasteiger partial charge in [0, 0.05) is 14.3 Å². The largest absolute Gasteiger partial charge is 0.478 e. The predicted molar refractivity (Wildman–Crippen MR) is 117 cm³/mol. The molecule has 0 amide bonds. The summed E-state index contributed by atoms with van der Waals surface area (Å²) in [5.74, 6) is -2.01. The van der Waals surface area contributed by atoms with Gasteiger partial charge >= 0.3 is 11.9 Å². The molecule has 0 fully saturated rings. The second-order valence-corrected chi connectivity index (χ2v) is 8.73. The molecular weight excluding hydrogens is 740 g/mol. The molecule has 8 heteroatoms. The number of carboxylic acids is 2. The third kappa shape index (κ3) is 3.85.